The van der Waals surface area contributed by atoms with Crippen LogP contribution in [0.3, 0.4) is 0 Å². The van der Waals surface area contributed by atoms with Crippen molar-refractivity contribution in [2.24, 2.45) is 0 Å². The molecule has 0 radical (unpaired) electrons. The molecule has 1 saturated heterocycles. The number of nitrogens with zero attached hydrogens (tertiary/aromatic N) is 4. The topological polar surface area (TPSA) is 98.7 Å². The van der Waals surface area contributed by atoms with E-state index in [1.165, 1.54) is 11.3 Å². The van der Waals surface area contributed by atoms with E-state index in [1.54, 1.807) is 25.4 Å². The molecule has 2 aromatic heterocycles. The van der Waals surface area contributed by atoms with Crippen molar-refractivity contribution in [1.82, 2.24) is 14.9 Å². The monoisotopic (exact) mass is 375 g/mol. The predicted octanol–water partition coefficient (Wildman–Crippen LogP) is 1.61. The van der Waals surface area contributed by atoms with E-state index in [0.29, 0.717) is 16.5 Å². The largest absolute Gasteiger partial charge is 0.478 e. The summed E-state index contributed by atoms with van der Waals surface area (Å²) in [7, 11) is 0. The molecule has 9 heteroatoms. The Hall–Kier alpha value is -2.52. The van der Waals surface area contributed by atoms with Crippen molar-refractivity contribution >= 4 is 34.2 Å². The van der Waals surface area contributed by atoms with E-state index in [9.17, 15) is 14.7 Å². The summed E-state index contributed by atoms with van der Waals surface area (Å²) in [5.41, 5.74) is 0.890. The highest BCUT2D eigenvalue weighted by Gasteiger charge is 2.23. The molecule has 0 aliphatic carbocycles. The molecule has 3 rings (SSSR count). The van der Waals surface area contributed by atoms with Crippen LogP contribution < -0.4 is 10.2 Å². The van der Waals surface area contributed by atoms with E-state index in [2.05, 4.69) is 20.2 Å². The molecule has 0 unspecified atom stereocenters. The third-order valence-corrected chi connectivity index (χ3v) is 5.55. The minimum absolute atomic E-state index is 0.187. The van der Waals surface area contributed by atoms with Gasteiger partial charge in [-0.2, -0.15) is 0 Å². The van der Waals surface area contributed by atoms with Gasteiger partial charge in [-0.3, -0.25) is 9.69 Å². The number of hydrogen-bond donors (Lipinski definition) is 2. The summed E-state index contributed by atoms with van der Waals surface area (Å²) >= 11 is 1.30. The van der Waals surface area contributed by atoms with Crippen molar-refractivity contribution in [3.63, 3.8) is 0 Å². The van der Waals surface area contributed by atoms with E-state index in [1.807, 2.05) is 11.8 Å². The van der Waals surface area contributed by atoms with Gasteiger partial charge in [0.05, 0.1) is 12.1 Å². The van der Waals surface area contributed by atoms with Gasteiger partial charge >= 0.3 is 5.97 Å². The van der Waals surface area contributed by atoms with Crippen molar-refractivity contribution < 1.29 is 14.7 Å². The van der Waals surface area contributed by atoms with Crippen LogP contribution in [0.2, 0.25) is 0 Å². The van der Waals surface area contributed by atoms with Gasteiger partial charge < -0.3 is 15.3 Å². The Labute approximate surface area is 155 Å². The first-order chi connectivity index (χ1) is 12.5. The highest BCUT2D eigenvalue weighted by molar-refractivity contribution is 7.16. The quantitative estimate of drug-likeness (QED) is 0.819. The van der Waals surface area contributed by atoms with Crippen molar-refractivity contribution in [1.29, 1.82) is 0 Å². The first kappa shape index (κ1) is 18.3. The molecule has 1 amide bonds. The van der Waals surface area contributed by atoms with Crippen LogP contribution in [0.4, 0.5) is 10.9 Å². The zero-order valence-corrected chi connectivity index (χ0v) is 15.5. The summed E-state index contributed by atoms with van der Waals surface area (Å²) in [4.78, 5) is 37.3. The van der Waals surface area contributed by atoms with Crippen LogP contribution in [-0.4, -0.2) is 64.6 Å². The second kappa shape index (κ2) is 7.79. The van der Waals surface area contributed by atoms with E-state index >= 15 is 0 Å². The molecule has 1 aliphatic heterocycles. The Morgan fingerprint density at radius 2 is 1.85 bits per heavy atom. The molecule has 1 fully saturated rings. The summed E-state index contributed by atoms with van der Waals surface area (Å²) in [6.07, 6.45) is 3.43. The number of aromatic nitrogens is 2. The molecule has 138 valence electrons. The average molecular weight is 375 g/mol. The maximum absolute atomic E-state index is 12.4. The Balaban J connectivity index is 1.55. The number of hydrogen-bond acceptors (Lipinski definition) is 7. The lowest BCUT2D eigenvalue weighted by Gasteiger charge is -2.34. The smallest absolute Gasteiger partial charge is 0.338 e. The minimum Gasteiger partial charge on any atom is -0.478 e. The summed E-state index contributed by atoms with van der Waals surface area (Å²) < 4.78 is 0. The van der Waals surface area contributed by atoms with Crippen molar-refractivity contribution in [2.75, 3.05) is 42.9 Å². The lowest BCUT2D eigenvalue weighted by Crippen LogP contribution is -2.49. The van der Waals surface area contributed by atoms with E-state index < -0.39 is 5.97 Å². The molecule has 0 atom stereocenters. The molecule has 2 N–H and O–H groups in total. The zero-order valence-electron chi connectivity index (χ0n) is 14.7. The number of anilines is 2. The van der Waals surface area contributed by atoms with Crippen LogP contribution >= 0.6 is 11.3 Å². The lowest BCUT2D eigenvalue weighted by molar-refractivity contribution is -0.117. The minimum atomic E-state index is -1.02. The number of carbonyl (C=O) groups is 2. The molecule has 0 spiro atoms. The molecule has 3 heterocycles. The van der Waals surface area contributed by atoms with Gasteiger partial charge in [0.2, 0.25) is 11.9 Å². The number of amides is 1. The molecular weight excluding hydrogens is 354 g/mol. The Bertz CT molecular complexity index is 800. The van der Waals surface area contributed by atoms with Gasteiger partial charge in [0, 0.05) is 43.4 Å². The second-order valence-corrected chi connectivity index (χ2v) is 7.38. The van der Waals surface area contributed by atoms with Gasteiger partial charge in [0.15, 0.2) is 0 Å². The normalized spacial score (nSPS) is 15.1. The highest BCUT2D eigenvalue weighted by atomic mass is 32.1. The molecule has 0 bridgehead atoms. The number of piperazine rings is 1. The van der Waals surface area contributed by atoms with Crippen LogP contribution in [0.1, 0.15) is 20.8 Å². The number of aromatic carboxylic acids is 1. The Kier molecular flexibility index (Phi) is 5.48. The van der Waals surface area contributed by atoms with E-state index in [-0.39, 0.29) is 18.0 Å². The lowest BCUT2D eigenvalue weighted by atomic mass is 10.1. The summed E-state index contributed by atoms with van der Waals surface area (Å²) in [6.45, 7) is 6.78. The van der Waals surface area contributed by atoms with Gasteiger partial charge in [0.25, 0.3) is 0 Å². The fraction of sp³-hybridized carbons (Fsp3) is 0.412. The number of nitrogens with one attached hydrogen (secondary N) is 1. The van der Waals surface area contributed by atoms with Gasteiger partial charge in [0.1, 0.15) is 5.00 Å². The van der Waals surface area contributed by atoms with Gasteiger partial charge in [-0.25, -0.2) is 14.8 Å². The van der Waals surface area contributed by atoms with E-state index in [4.69, 9.17) is 0 Å². The fourth-order valence-corrected chi connectivity index (χ4v) is 3.97. The molecule has 26 heavy (non-hydrogen) atoms. The third kappa shape index (κ3) is 4.00. The second-order valence-electron chi connectivity index (χ2n) is 6.15. The Morgan fingerprint density at radius 3 is 2.46 bits per heavy atom. The maximum atomic E-state index is 12.4. The zero-order chi connectivity index (χ0) is 18.7. The summed E-state index contributed by atoms with van der Waals surface area (Å²) in [5.74, 6) is -0.510. The molecule has 8 nitrogen and oxygen atoms in total. The third-order valence-electron chi connectivity index (χ3n) is 4.43. The maximum Gasteiger partial charge on any atom is 0.338 e. The molecule has 1 aliphatic rings. The number of aryl methyl sites for hydroxylation is 1. The Morgan fingerprint density at radius 1 is 1.19 bits per heavy atom. The van der Waals surface area contributed by atoms with Crippen LogP contribution in [-0.2, 0) is 4.79 Å². The van der Waals surface area contributed by atoms with Gasteiger partial charge in [-0.05, 0) is 25.5 Å². The molecule has 2 aromatic rings. The summed E-state index contributed by atoms with van der Waals surface area (Å²) in [6, 6.07) is 1.78. The van der Waals surface area contributed by atoms with Gasteiger partial charge in [-0.15, -0.1) is 11.3 Å². The molecular formula is C17H21N5O3S. The van der Waals surface area contributed by atoms with Crippen LogP contribution in [0.25, 0.3) is 0 Å². The number of carboxylic acid groups (broad SMARTS) is 1. The van der Waals surface area contributed by atoms with E-state index in [0.717, 1.165) is 31.1 Å². The van der Waals surface area contributed by atoms with Crippen molar-refractivity contribution in [3.05, 3.63) is 34.5 Å². The molecule has 0 saturated carbocycles. The van der Waals surface area contributed by atoms with Gasteiger partial charge in [-0.1, -0.05) is 0 Å². The number of carbonyl (C=O) groups excluding carboxylic acids is 1. The molecule has 0 aromatic carbocycles. The summed E-state index contributed by atoms with van der Waals surface area (Å²) in [5, 5.41) is 12.5. The highest BCUT2D eigenvalue weighted by Crippen LogP contribution is 2.32. The standard InChI is InChI=1S/C17H21N5O3S/c1-11-12(2)26-15(14(11)16(24)25)20-13(23)10-21-6-8-22(9-7-21)17-18-4-3-5-19-17/h3-5H,6-10H2,1-2H3,(H,20,23)(H,24,25). The van der Waals surface area contributed by atoms with Crippen molar-refractivity contribution in [3.8, 4) is 0 Å². The van der Waals surface area contributed by atoms with Crippen molar-refractivity contribution in [2.45, 2.75) is 13.8 Å². The fourth-order valence-electron chi connectivity index (χ4n) is 2.90. The van der Waals surface area contributed by atoms with Crippen LogP contribution in [0.5, 0.6) is 0 Å². The van der Waals surface area contributed by atoms with Crippen LogP contribution in [0, 0.1) is 13.8 Å². The predicted molar refractivity (Wildman–Crippen MR) is 100 cm³/mol. The van der Waals surface area contributed by atoms with Crippen LogP contribution in [0.15, 0.2) is 18.5 Å². The number of thiophene rings is 1. The SMILES string of the molecule is Cc1sc(NC(=O)CN2CCN(c3ncccn3)CC2)c(C(=O)O)c1C. The average Bonchev–Trinajstić information content (AvgIpc) is 2.90. The first-order valence-corrected chi connectivity index (χ1v) is 9.15. The number of carboxylic acids is 1. The first-order valence-electron chi connectivity index (χ1n) is 8.33. The number of rotatable bonds is 5.